The van der Waals surface area contributed by atoms with E-state index in [0.29, 0.717) is 23.8 Å². The first-order chi connectivity index (χ1) is 12.2. The van der Waals surface area contributed by atoms with E-state index < -0.39 is 5.41 Å². The number of nitrogens with zero attached hydrogens (tertiary/aromatic N) is 3. The van der Waals surface area contributed by atoms with E-state index in [4.69, 9.17) is 5.26 Å². The van der Waals surface area contributed by atoms with E-state index in [0.717, 1.165) is 22.4 Å². The Kier molecular flexibility index (Phi) is 3.70. The Bertz CT molecular complexity index is 949. The molecular weight excluding hydrogens is 334 g/mol. The molecule has 2 aliphatic rings. The van der Waals surface area contributed by atoms with Crippen LogP contribution in [0.5, 0.6) is 0 Å². The lowest BCUT2D eigenvalue weighted by Gasteiger charge is -2.20. The minimum atomic E-state index is -0.568. The molecule has 2 heterocycles. The van der Waals surface area contributed by atoms with Gasteiger partial charge in [-0.3, -0.25) is 10.1 Å². The zero-order valence-corrected chi connectivity index (χ0v) is 14.4. The highest BCUT2D eigenvalue weighted by Gasteiger charge is 2.50. The summed E-state index contributed by atoms with van der Waals surface area (Å²) in [6, 6.07) is 9.80. The van der Waals surface area contributed by atoms with Crippen molar-refractivity contribution in [2.24, 2.45) is 4.99 Å². The third kappa shape index (κ3) is 2.46. The molecule has 1 amide bonds. The molecule has 1 atom stereocenters. The van der Waals surface area contributed by atoms with Crippen LogP contribution in [-0.2, 0) is 23.1 Å². The van der Waals surface area contributed by atoms with E-state index in [2.05, 4.69) is 20.6 Å². The molecule has 0 bridgehead atoms. The van der Waals surface area contributed by atoms with Gasteiger partial charge in [0.15, 0.2) is 11.4 Å². The van der Waals surface area contributed by atoms with Gasteiger partial charge in [0.2, 0.25) is 5.91 Å². The lowest BCUT2D eigenvalue weighted by Crippen LogP contribution is -2.35. The molecule has 6 nitrogen and oxygen atoms in total. The van der Waals surface area contributed by atoms with Crippen molar-refractivity contribution >= 4 is 34.3 Å². The van der Waals surface area contributed by atoms with E-state index in [1.165, 1.54) is 11.8 Å². The van der Waals surface area contributed by atoms with E-state index in [1.807, 2.05) is 42.8 Å². The number of nitrogens with one attached hydrogen (secondary N) is 2. The van der Waals surface area contributed by atoms with Crippen LogP contribution in [0.25, 0.3) is 0 Å². The predicted octanol–water partition coefficient (Wildman–Crippen LogP) is 2.49. The maximum atomic E-state index is 12.7. The van der Waals surface area contributed by atoms with Crippen molar-refractivity contribution in [3.05, 3.63) is 53.2 Å². The van der Waals surface area contributed by atoms with E-state index in [-0.39, 0.29) is 5.91 Å². The van der Waals surface area contributed by atoms with Gasteiger partial charge in [0.05, 0.1) is 11.1 Å². The largest absolute Gasteiger partial charge is 0.310 e. The van der Waals surface area contributed by atoms with Crippen molar-refractivity contribution in [2.75, 3.05) is 11.6 Å². The molecule has 1 spiro atoms. The van der Waals surface area contributed by atoms with Crippen molar-refractivity contribution in [3.63, 3.8) is 0 Å². The molecule has 0 fully saturated rings. The Morgan fingerprint density at radius 2 is 2.24 bits per heavy atom. The number of carbonyl (C=O) groups excluding carboxylic acids is 1. The van der Waals surface area contributed by atoms with Gasteiger partial charge in [-0.05, 0) is 48.4 Å². The highest BCUT2D eigenvalue weighted by atomic mass is 32.2. The van der Waals surface area contributed by atoms with Crippen molar-refractivity contribution < 1.29 is 4.79 Å². The number of amides is 1. The fourth-order valence-corrected chi connectivity index (χ4v) is 3.96. The van der Waals surface area contributed by atoms with Gasteiger partial charge < -0.3 is 5.32 Å². The number of thioether (sulfide) groups is 1. The molecule has 4 rings (SSSR count). The van der Waals surface area contributed by atoms with Gasteiger partial charge in [0.1, 0.15) is 5.82 Å². The molecule has 1 unspecified atom stereocenters. The average molecular weight is 349 g/mol. The minimum absolute atomic E-state index is 0.0124. The second-order valence-corrected chi connectivity index (χ2v) is 6.90. The number of nitriles is 1. The molecule has 2 N–H and O–H groups in total. The second kappa shape index (κ2) is 5.90. The van der Waals surface area contributed by atoms with Crippen LogP contribution in [0.1, 0.15) is 16.7 Å². The normalized spacial score (nSPS) is 20.8. The molecule has 25 heavy (non-hydrogen) atoms. The quantitative estimate of drug-likeness (QED) is 0.357. The number of carbonyl (C=O) groups is 1. The van der Waals surface area contributed by atoms with Gasteiger partial charge in [-0.15, -0.1) is 0 Å². The van der Waals surface area contributed by atoms with Gasteiger partial charge in [0.25, 0.3) is 0 Å². The van der Waals surface area contributed by atoms with Crippen LogP contribution in [-0.4, -0.2) is 22.3 Å². The summed E-state index contributed by atoms with van der Waals surface area (Å²) < 4.78 is 0. The summed E-state index contributed by atoms with van der Waals surface area (Å²) in [7, 11) is 0. The van der Waals surface area contributed by atoms with Gasteiger partial charge in [0, 0.05) is 11.8 Å². The van der Waals surface area contributed by atoms with Crippen LogP contribution < -0.4 is 10.6 Å². The Morgan fingerprint density at radius 1 is 1.40 bits per heavy atom. The number of fused-ring (bicyclic) bond motifs is 3. The monoisotopic (exact) mass is 349 g/mol. The van der Waals surface area contributed by atoms with Gasteiger partial charge in [-0.25, -0.2) is 9.98 Å². The Morgan fingerprint density at radius 3 is 3.04 bits per heavy atom. The number of benzene rings is 1. The van der Waals surface area contributed by atoms with E-state index >= 15 is 0 Å². The number of anilines is 1. The number of hydrogen-bond donors (Lipinski definition) is 2. The number of aromatic nitrogens is 1. The van der Waals surface area contributed by atoms with Crippen molar-refractivity contribution in [2.45, 2.75) is 18.3 Å². The molecule has 124 valence electrons. The SMILES string of the molecule is CSC(=Nc1ccc2c(c1)CC1(C2)C(=O)Nc2ncccc21)NC#N. The zero-order chi connectivity index (χ0) is 17.4. The Hall–Kier alpha value is -2.85. The first-order valence-electron chi connectivity index (χ1n) is 7.83. The Balaban J connectivity index is 1.70. The standard InChI is InChI=1S/C18H15N5OS/c1-25-17(21-10-19)22-13-5-4-11-8-18(9-12(11)7-13)14-3-2-6-20-15(14)23-16(18)24/h2-7H,8-9H2,1H3,(H,21,22)(H,20,23,24). The highest BCUT2D eigenvalue weighted by Crippen LogP contribution is 2.47. The molecule has 0 radical (unpaired) electrons. The summed E-state index contributed by atoms with van der Waals surface area (Å²) in [5.41, 5.74) is 3.45. The summed E-state index contributed by atoms with van der Waals surface area (Å²) >= 11 is 1.38. The van der Waals surface area contributed by atoms with Gasteiger partial charge in [-0.1, -0.05) is 23.9 Å². The number of amidine groups is 1. The summed E-state index contributed by atoms with van der Waals surface area (Å²) in [5.74, 6) is 0.680. The summed E-state index contributed by atoms with van der Waals surface area (Å²) in [5, 5.41) is 14.8. The molecule has 0 saturated heterocycles. The lowest BCUT2D eigenvalue weighted by molar-refractivity contribution is -0.120. The van der Waals surface area contributed by atoms with E-state index in [1.54, 1.807) is 6.20 Å². The number of rotatable bonds is 1. The predicted molar refractivity (Wildman–Crippen MR) is 97.8 cm³/mol. The lowest BCUT2D eigenvalue weighted by atomic mass is 9.79. The minimum Gasteiger partial charge on any atom is -0.310 e. The zero-order valence-electron chi connectivity index (χ0n) is 13.5. The van der Waals surface area contributed by atoms with Gasteiger partial charge in [-0.2, -0.15) is 5.26 Å². The van der Waals surface area contributed by atoms with Crippen molar-refractivity contribution in [3.8, 4) is 6.19 Å². The molecule has 7 heteroatoms. The van der Waals surface area contributed by atoms with E-state index in [9.17, 15) is 4.79 Å². The molecule has 1 aliphatic carbocycles. The molecular formula is C18H15N5OS. The first-order valence-corrected chi connectivity index (χ1v) is 9.05. The summed E-state index contributed by atoms with van der Waals surface area (Å²) in [6.07, 6.45) is 6.74. The van der Waals surface area contributed by atoms with Crippen LogP contribution in [0, 0.1) is 11.5 Å². The van der Waals surface area contributed by atoms with Gasteiger partial charge >= 0.3 is 0 Å². The molecule has 2 aromatic rings. The van der Waals surface area contributed by atoms with Crippen molar-refractivity contribution in [1.29, 1.82) is 5.26 Å². The molecule has 0 saturated carbocycles. The van der Waals surface area contributed by atoms with Crippen LogP contribution in [0.4, 0.5) is 11.5 Å². The number of pyridine rings is 1. The molecule has 1 aromatic heterocycles. The average Bonchev–Trinajstić information content (AvgIpc) is 3.13. The highest BCUT2D eigenvalue weighted by molar-refractivity contribution is 8.13. The molecule has 1 aromatic carbocycles. The smallest absolute Gasteiger partial charge is 0.237 e. The maximum absolute atomic E-state index is 12.7. The third-order valence-electron chi connectivity index (χ3n) is 4.75. The first kappa shape index (κ1) is 15.7. The molecule has 1 aliphatic heterocycles. The Labute approximate surface area is 149 Å². The van der Waals surface area contributed by atoms with Crippen LogP contribution >= 0.6 is 11.8 Å². The summed E-state index contributed by atoms with van der Waals surface area (Å²) in [6.45, 7) is 0. The van der Waals surface area contributed by atoms with Crippen LogP contribution in [0.3, 0.4) is 0 Å². The summed E-state index contributed by atoms with van der Waals surface area (Å²) in [4.78, 5) is 21.4. The fourth-order valence-electron chi connectivity index (χ4n) is 3.61. The third-order valence-corrected chi connectivity index (χ3v) is 5.33. The second-order valence-electron chi connectivity index (χ2n) is 6.10. The van der Waals surface area contributed by atoms with Crippen LogP contribution in [0.15, 0.2) is 41.5 Å². The maximum Gasteiger partial charge on any atom is 0.237 e. The van der Waals surface area contributed by atoms with Crippen LogP contribution in [0.2, 0.25) is 0 Å². The number of aliphatic imine (C=N–C) groups is 1. The fraction of sp³-hybridized carbons (Fsp3) is 0.222. The number of hydrogen-bond acceptors (Lipinski definition) is 5. The van der Waals surface area contributed by atoms with Crippen molar-refractivity contribution in [1.82, 2.24) is 10.3 Å². The topological polar surface area (TPSA) is 90.2 Å².